The van der Waals surface area contributed by atoms with E-state index in [1.165, 1.54) is 53.5 Å². The van der Waals surface area contributed by atoms with Crippen LogP contribution in [0.2, 0.25) is 0 Å². The molecule has 0 spiro atoms. The van der Waals surface area contributed by atoms with Crippen LogP contribution in [0.25, 0.3) is 11.4 Å². The molecule has 272 valence electrons. The fourth-order valence-corrected chi connectivity index (χ4v) is 9.42. The first kappa shape index (κ1) is 35.0. The Kier molecular flexibility index (Phi) is 10.2. The SMILES string of the molecule is Cc1ccnc(-c2cc(CCc3cc(OCCN4c5ccccc5Sc5ccccc54)cc(OCCN4c5ccccc5Sc5ccccc54)c3)ccn2)c1. The molecule has 0 unspecified atom stereocenters. The Morgan fingerprint density at radius 2 is 0.909 bits per heavy atom. The highest BCUT2D eigenvalue weighted by Gasteiger charge is 2.24. The van der Waals surface area contributed by atoms with Crippen LogP contribution in [-0.2, 0) is 12.8 Å². The van der Waals surface area contributed by atoms with Crippen LogP contribution in [0.4, 0.5) is 22.7 Å². The van der Waals surface area contributed by atoms with E-state index in [1.807, 2.05) is 48.1 Å². The first-order chi connectivity index (χ1) is 27.1. The minimum Gasteiger partial charge on any atom is -0.492 e. The molecule has 0 saturated heterocycles. The molecular weight excluding hydrogens is 717 g/mol. The van der Waals surface area contributed by atoms with Crippen LogP contribution in [0.15, 0.2) is 172 Å². The minimum absolute atomic E-state index is 0.520. The molecule has 2 aromatic heterocycles. The van der Waals surface area contributed by atoms with Crippen molar-refractivity contribution in [2.45, 2.75) is 39.3 Å². The number of anilines is 4. The van der Waals surface area contributed by atoms with Crippen LogP contribution in [0.1, 0.15) is 16.7 Å². The fraction of sp³-hybridized carbons (Fsp3) is 0.149. The standard InChI is InChI=1S/C47H40N4O2S2/c1-33-20-22-48-38(28-33)39-31-34(21-23-49-39)18-19-35-29-36(52-26-24-50-40-10-2-6-14-44(40)54-45-15-7-3-11-41(45)50)32-37(30-35)53-27-25-51-42-12-4-8-16-46(42)55-47-17-9-5-13-43(47)51/h2-17,20-23,28-32H,18-19,24-27H2,1H3. The molecule has 2 aliphatic heterocycles. The second-order valence-corrected chi connectivity index (χ2v) is 15.8. The largest absolute Gasteiger partial charge is 0.492 e. The molecule has 0 N–H and O–H groups in total. The van der Waals surface area contributed by atoms with Gasteiger partial charge in [-0.3, -0.25) is 9.97 Å². The second-order valence-electron chi connectivity index (χ2n) is 13.7. The molecule has 0 atom stereocenters. The van der Waals surface area contributed by atoms with Crippen molar-refractivity contribution in [3.05, 3.63) is 169 Å². The summed E-state index contributed by atoms with van der Waals surface area (Å²) < 4.78 is 13.2. The summed E-state index contributed by atoms with van der Waals surface area (Å²) in [6, 6.07) is 49.1. The lowest BCUT2D eigenvalue weighted by atomic mass is 10.0. The van der Waals surface area contributed by atoms with Crippen molar-refractivity contribution < 1.29 is 9.47 Å². The molecule has 0 aliphatic carbocycles. The van der Waals surface area contributed by atoms with Crippen LogP contribution in [0, 0.1) is 6.92 Å². The molecular formula is C47H40N4O2S2. The zero-order valence-electron chi connectivity index (χ0n) is 30.6. The number of aryl methyl sites for hydroxylation is 3. The number of hydrogen-bond acceptors (Lipinski definition) is 8. The van der Waals surface area contributed by atoms with Gasteiger partial charge in [-0.15, -0.1) is 0 Å². The minimum atomic E-state index is 0.520. The van der Waals surface area contributed by atoms with Gasteiger partial charge in [0.25, 0.3) is 0 Å². The molecule has 55 heavy (non-hydrogen) atoms. The predicted octanol–water partition coefficient (Wildman–Crippen LogP) is 11.6. The first-order valence-electron chi connectivity index (χ1n) is 18.7. The lowest BCUT2D eigenvalue weighted by molar-refractivity contribution is 0.310. The van der Waals surface area contributed by atoms with Crippen molar-refractivity contribution in [3.63, 3.8) is 0 Å². The Balaban J connectivity index is 0.943. The summed E-state index contributed by atoms with van der Waals surface area (Å²) in [6.07, 6.45) is 5.40. The highest BCUT2D eigenvalue weighted by molar-refractivity contribution is 8.00. The molecule has 0 radical (unpaired) electrons. The van der Waals surface area contributed by atoms with Gasteiger partial charge in [0, 0.05) is 38.0 Å². The lowest BCUT2D eigenvalue weighted by Gasteiger charge is -2.32. The van der Waals surface area contributed by atoms with Crippen LogP contribution in [0.3, 0.4) is 0 Å². The van der Waals surface area contributed by atoms with Gasteiger partial charge < -0.3 is 19.3 Å². The van der Waals surface area contributed by atoms with E-state index in [-0.39, 0.29) is 0 Å². The van der Waals surface area contributed by atoms with Crippen LogP contribution in [0.5, 0.6) is 11.5 Å². The maximum Gasteiger partial charge on any atom is 0.123 e. The highest BCUT2D eigenvalue weighted by Crippen LogP contribution is 2.49. The normalized spacial score (nSPS) is 12.7. The van der Waals surface area contributed by atoms with Gasteiger partial charge in [-0.25, -0.2) is 0 Å². The molecule has 6 nitrogen and oxygen atoms in total. The number of benzene rings is 5. The quantitative estimate of drug-likeness (QED) is 0.122. The van der Waals surface area contributed by atoms with Crippen molar-refractivity contribution in [1.29, 1.82) is 0 Å². The molecule has 0 amide bonds. The molecule has 8 heteroatoms. The van der Waals surface area contributed by atoms with E-state index in [1.54, 1.807) is 0 Å². The smallest absolute Gasteiger partial charge is 0.123 e. The van der Waals surface area contributed by atoms with E-state index in [0.717, 1.165) is 41.3 Å². The Morgan fingerprint density at radius 3 is 1.40 bits per heavy atom. The predicted molar refractivity (Wildman–Crippen MR) is 225 cm³/mol. The third-order valence-corrected chi connectivity index (χ3v) is 12.1. The second kappa shape index (κ2) is 16.0. The number of para-hydroxylation sites is 4. The summed E-state index contributed by atoms with van der Waals surface area (Å²) >= 11 is 3.65. The number of pyridine rings is 2. The average molecular weight is 757 g/mol. The van der Waals surface area contributed by atoms with E-state index in [0.29, 0.717) is 26.3 Å². The Bertz CT molecular complexity index is 2260. The number of fused-ring (bicyclic) bond motifs is 4. The summed E-state index contributed by atoms with van der Waals surface area (Å²) in [4.78, 5) is 19.0. The average Bonchev–Trinajstić information content (AvgIpc) is 3.22. The molecule has 9 rings (SSSR count). The zero-order valence-corrected chi connectivity index (χ0v) is 32.2. The van der Waals surface area contributed by atoms with E-state index < -0.39 is 0 Å². The zero-order chi connectivity index (χ0) is 37.0. The Labute approximate surface area is 331 Å². The van der Waals surface area contributed by atoms with E-state index in [2.05, 4.69) is 154 Å². The van der Waals surface area contributed by atoms with Crippen LogP contribution < -0.4 is 19.3 Å². The first-order valence-corrected chi connectivity index (χ1v) is 20.3. The van der Waals surface area contributed by atoms with Gasteiger partial charge in [-0.1, -0.05) is 72.1 Å². The van der Waals surface area contributed by atoms with E-state index in [4.69, 9.17) is 9.47 Å². The van der Waals surface area contributed by atoms with Gasteiger partial charge in [-0.05, 0) is 121 Å². The fourth-order valence-electron chi connectivity index (χ4n) is 7.23. The summed E-state index contributed by atoms with van der Waals surface area (Å²) in [7, 11) is 0. The Morgan fingerprint density at radius 1 is 0.473 bits per heavy atom. The van der Waals surface area contributed by atoms with Gasteiger partial charge in [-0.2, -0.15) is 0 Å². The van der Waals surface area contributed by atoms with Gasteiger partial charge in [0.2, 0.25) is 0 Å². The molecule has 0 saturated carbocycles. The molecule has 2 aliphatic rings. The topological polar surface area (TPSA) is 50.7 Å². The molecule has 0 fully saturated rings. The van der Waals surface area contributed by atoms with Gasteiger partial charge >= 0.3 is 0 Å². The number of hydrogen-bond donors (Lipinski definition) is 0. The Hall–Kier alpha value is -5.70. The number of aromatic nitrogens is 2. The molecule has 7 aromatic rings. The molecule has 5 aromatic carbocycles. The van der Waals surface area contributed by atoms with Crippen molar-refractivity contribution in [3.8, 4) is 22.9 Å². The monoisotopic (exact) mass is 756 g/mol. The highest BCUT2D eigenvalue weighted by atomic mass is 32.2. The summed E-state index contributed by atoms with van der Waals surface area (Å²) in [5, 5.41) is 0. The molecule has 4 heterocycles. The van der Waals surface area contributed by atoms with Crippen molar-refractivity contribution in [1.82, 2.24) is 9.97 Å². The van der Waals surface area contributed by atoms with Crippen molar-refractivity contribution >= 4 is 46.3 Å². The summed E-state index contributed by atoms with van der Waals surface area (Å²) in [6.45, 7) is 4.55. The lowest BCUT2D eigenvalue weighted by Crippen LogP contribution is -2.26. The third kappa shape index (κ3) is 7.79. The van der Waals surface area contributed by atoms with Gasteiger partial charge in [0.15, 0.2) is 0 Å². The van der Waals surface area contributed by atoms with Gasteiger partial charge in [0.1, 0.15) is 24.7 Å². The maximum absolute atomic E-state index is 6.59. The molecule has 0 bridgehead atoms. The summed E-state index contributed by atoms with van der Waals surface area (Å²) in [5.74, 6) is 1.62. The van der Waals surface area contributed by atoms with Crippen LogP contribution >= 0.6 is 23.5 Å². The number of ether oxygens (including phenoxy) is 2. The number of rotatable bonds is 12. The third-order valence-electron chi connectivity index (χ3n) is 9.88. The van der Waals surface area contributed by atoms with Crippen molar-refractivity contribution in [2.24, 2.45) is 0 Å². The maximum atomic E-state index is 6.59. The van der Waals surface area contributed by atoms with Crippen molar-refractivity contribution in [2.75, 3.05) is 36.1 Å². The van der Waals surface area contributed by atoms with Crippen LogP contribution in [-0.4, -0.2) is 36.3 Å². The van der Waals surface area contributed by atoms with E-state index >= 15 is 0 Å². The van der Waals surface area contributed by atoms with E-state index in [9.17, 15) is 0 Å². The number of nitrogens with zero attached hydrogens (tertiary/aromatic N) is 4. The summed E-state index contributed by atoms with van der Waals surface area (Å²) in [5.41, 5.74) is 10.2. The van der Waals surface area contributed by atoms with Gasteiger partial charge in [0.05, 0.1) is 47.2 Å².